The lowest BCUT2D eigenvalue weighted by Crippen LogP contribution is -2.33. The minimum atomic E-state index is -1.06. The minimum absolute atomic E-state index is 0.272. The molecule has 4 N–H and O–H groups in total. The summed E-state index contributed by atoms with van der Waals surface area (Å²) in [5.74, 6) is -0.549. The molecule has 109 heavy (non-hydrogen) atoms. The molecule has 0 amide bonds. The number of hydrogen-bond acceptors (Lipinski definition) is 10. The van der Waals surface area contributed by atoms with Gasteiger partial charge in [-0.3, -0.25) is 29.6 Å². The van der Waals surface area contributed by atoms with E-state index < -0.39 is 23.4 Å². The Balaban J connectivity index is 0.000000106. The highest BCUT2D eigenvalue weighted by molar-refractivity contribution is 5.91. The van der Waals surface area contributed by atoms with Crippen LogP contribution in [-0.4, -0.2) is 121 Å². The average Bonchev–Trinajstić information content (AvgIpc) is 1.60. The Morgan fingerprint density at radius 3 is 1.24 bits per heavy atom. The van der Waals surface area contributed by atoms with Crippen LogP contribution >= 0.6 is 0 Å². The van der Waals surface area contributed by atoms with E-state index in [-0.39, 0.29) is 11.6 Å². The summed E-state index contributed by atoms with van der Waals surface area (Å²) >= 11 is 0. The number of fused-ring (bicyclic) bond motifs is 20. The van der Waals surface area contributed by atoms with Crippen molar-refractivity contribution in [3.63, 3.8) is 0 Å². The van der Waals surface area contributed by atoms with Gasteiger partial charge >= 0.3 is 0 Å². The van der Waals surface area contributed by atoms with E-state index in [1.807, 2.05) is 38.1 Å². The molecule has 6 aromatic heterocycles. The topological polar surface area (TPSA) is 139 Å². The summed E-state index contributed by atoms with van der Waals surface area (Å²) in [6, 6.07) is 46.9. The molecule has 8 aliphatic rings. The molecule has 4 saturated heterocycles. The van der Waals surface area contributed by atoms with E-state index in [9.17, 15) is 29.2 Å². The molecular formula is C93H106F2N10O4. The molecule has 0 radical (unpaired) electrons. The number of pyridine rings is 2. The second-order valence-electron chi connectivity index (χ2n) is 33.3. The lowest BCUT2D eigenvalue weighted by atomic mass is 9.94. The maximum absolute atomic E-state index is 13.4. The summed E-state index contributed by atoms with van der Waals surface area (Å²) < 4.78 is 36.0. The molecule has 8 unspecified atom stereocenters. The number of aromatic nitrogens is 6. The van der Waals surface area contributed by atoms with Crippen LogP contribution in [0.1, 0.15) is 197 Å². The fourth-order valence-corrected chi connectivity index (χ4v) is 20.7. The number of rotatable bonds is 12. The van der Waals surface area contributed by atoms with E-state index in [2.05, 4.69) is 149 Å². The van der Waals surface area contributed by atoms with Crippen LogP contribution in [0.2, 0.25) is 0 Å². The molecule has 8 aliphatic heterocycles. The first kappa shape index (κ1) is 73.1. The zero-order chi connectivity index (χ0) is 75.1. The average molecular weight is 1470 g/mol. The molecule has 0 aliphatic carbocycles. The number of nitrogens with zero attached hydrogens (tertiary/aromatic N) is 10. The van der Waals surface area contributed by atoms with Gasteiger partial charge in [0.1, 0.15) is 22.8 Å². The Morgan fingerprint density at radius 1 is 0.404 bits per heavy atom. The van der Waals surface area contributed by atoms with Crippen LogP contribution in [0.15, 0.2) is 164 Å². The third-order valence-corrected chi connectivity index (χ3v) is 25.8. The number of hydrogen-bond donors (Lipinski definition) is 4. The van der Waals surface area contributed by atoms with Gasteiger partial charge in [0.05, 0.1) is 43.9 Å². The van der Waals surface area contributed by atoms with Crippen LogP contribution in [0.4, 0.5) is 8.78 Å². The smallest absolute Gasteiger partial charge is 0.123 e. The first-order valence-corrected chi connectivity index (χ1v) is 40.3. The van der Waals surface area contributed by atoms with Crippen LogP contribution in [0.25, 0.3) is 43.6 Å². The summed E-state index contributed by atoms with van der Waals surface area (Å²) in [7, 11) is 0. The van der Waals surface area contributed by atoms with E-state index in [0.29, 0.717) is 50.3 Å². The molecular weight excluding hydrogens is 1360 g/mol. The molecule has 6 aromatic carbocycles. The molecule has 566 valence electrons. The van der Waals surface area contributed by atoms with Crippen molar-refractivity contribution in [1.82, 2.24) is 47.8 Å². The normalized spacial score (nSPS) is 21.1. The van der Waals surface area contributed by atoms with E-state index in [4.69, 9.17) is 0 Å². The van der Waals surface area contributed by atoms with Crippen molar-refractivity contribution >= 4 is 43.6 Å². The van der Waals surface area contributed by atoms with E-state index in [0.717, 1.165) is 74.1 Å². The fourth-order valence-electron chi connectivity index (χ4n) is 20.7. The van der Waals surface area contributed by atoms with Gasteiger partial charge < -0.3 is 38.7 Å². The van der Waals surface area contributed by atoms with E-state index in [1.54, 1.807) is 49.1 Å². The third kappa shape index (κ3) is 13.9. The number of benzene rings is 6. The molecule has 8 atom stereocenters. The predicted octanol–water partition coefficient (Wildman–Crippen LogP) is 17.2. The molecule has 4 fully saturated rings. The second-order valence-corrected chi connectivity index (χ2v) is 33.3. The lowest BCUT2D eigenvalue weighted by Gasteiger charge is -2.32. The van der Waals surface area contributed by atoms with Crippen molar-refractivity contribution in [1.29, 1.82) is 0 Å². The van der Waals surface area contributed by atoms with Crippen molar-refractivity contribution < 1.29 is 29.2 Å². The van der Waals surface area contributed by atoms with Crippen LogP contribution in [0.3, 0.4) is 0 Å². The maximum atomic E-state index is 13.4. The first-order chi connectivity index (χ1) is 52.7. The predicted molar refractivity (Wildman–Crippen MR) is 431 cm³/mol. The largest absolute Gasteiger partial charge is 0.387 e. The zero-order valence-electron chi connectivity index (χ0n) is 64.5. The number of aliphatic hydroxyl groups excluding tert-OH is 2. The van der Waals surface area contributed by atoms with Crippen LogP contribution in [0.5, 0.6) is 0 Å². The molecule has 16 heteroatoms. The van der Waals surface area contributed by atoms with Gasteiger partial charge in [-0.15, -0.1) is 0 Å². The van der Waals surface area contributed by atoms with Gasteiger partial charge in [0.2, 0.25) is 0 Å². The summed E-state index contributed by atoms with van der Waals surface area (Å²) in [5.41, 5.74) is 24.3. The number of halogens is 2. The minimum Gasteiger partial charge on any atom is -0.387 e. The van der Waals surface area contributed by atoms with Crippen molar-refractivity contribution in [3.05, 3.63) is 271 Å². The van der Waals surface area contributed by atoms with Crippen LogP contribution in [-0.2, 0) is 63.1 Å². The first-order valence-electron chi connectivity index (χ1n) is 40.3. The second kappa shape index (κ2) is 29.9. The quantitative estimate of drug-likeness (QED) is 0.0935. The Hall–Kier alpha value is -8.68. The third-order valence-electron chi connectivity index (χ3n) is 25.8. The lowest BCUT2D eigenvalue weighted by molar-refractivity contribution is 0.0377. The van der Waals surface area contributed by atoms with Crippen molar-refractivity contribution in [3.8, 4) is 0 Å². The van der Waals surface area contributed by atoms with Crippen LogP contribution < -0.4 is 0 Å². The molecule has 0 bridgehead atoms. The van der Waals surface area contributed by atoms with Gasteiger partial charge in [-0.05, 0) is 255 Å². The molecule has 0 spiro atoms. The van der Waals surface area contributed by atoms with Gasteiger partial charge in [-0.2, -0.15) is 0 Å². The van der Waals surface area contributed by atoms with Crippen molar-refractivity contribution in [2.45, 2.75) is 199 Å². The summed E-state index contributed by atoms with van der Waals surface area (Å²) in [6.07, 6.45) is 20.1. The van der Waals surface area contributed by atoms with Gasteiger partial charge in [-0.25, -0.2) is 8.78 Å². The highest BCUT2D eigenvalue weighted by atomic mass is 19.1. The SMILES string of the molecule is Cc1cc(C)c2c(c1)c1c(n2CC(O)c2ccncc2)CCN2CCCC12.Cc1ccc2c(c1)c1c(n2CC(C)(O)c2ccc(F)cc2)CCN2CCCC12.Cc1ccc2c(c1)c1c(n2CC(C)(O)c2cccnc2)CCN2CCCC12.Cc1ccc2c(c1)c1c(n2CC(O)c2ccc(F)cc2)CCN2CCCC12. The highest BCUT2D eigenvalue weighted by Gasteiger charge is 2.42. The van der Waals surface area contributed by atoms with Crippen molar-refractivity contribution in [2.75, 3.05) is 52.4 Å². The molecule has 12 aromatic rings. The zero-order valence-corrected chi connectivity index (χ0v) is 64.5. The Morgan fingerprint density at radius 2 is 0.789 bits per heavy atom. The van der Waals surface area contributed by atoms with Gasteiger partial charge in [-0.1, -0.05) is 76.9 Å². The number of aliphatic hydroxyl groups is 4. The molecule has 20 rings (SSSR count). The van der Waals surface area contributed by atoms with Crippen LogP contribution in [0, 0.1) is 46.3 Å². The Kier molecular flexibility index (Phi) is 20.0. The fraction of sp³-hybridized carbons (Fsp3) is 0.419. The summed E-state index contributed by atoms with van der Waals surface area (Å²) in [6.45, 7) is 26.0. The summed E-state index contributed by atoms with van der Waals surface area (Å²) in [4.78, 5) is 18.8. The van der Waals surface area contributed by atoms with E-state index in [1.165, 1.54) is 218 Å². The van der Waals surface area contributed by atoms with Gasteiger partial charge in [0.25, 0.3) is 0 Å². The Labute approximate surface area is 639 Å². The molecule has 14 nitrogen and oxygen atoms in total. The van der Waals surface area contributed by atoms with Gasteiger partial charge in [0.15, 0.2) is 0 Å². The monoisotopic (exact) mass is 1460 g/mol. The highest BCUT2D eigenvalue weighted by Crippen LogP contribution is 2.49. The van der Waals surface area contributed by atoms with Gasteiger partial charge in [0, 0.05) is 167 Å². The Bertz CT molecular complexity index is 5330. The number of aryl methyl sites for hydroxylation is 5. The maximum Gasteiger partial charge on any atom is 0.123 e. The van der Waals surface area contributed by atoms with Crippen molar-refractivity contribution in [2.24, 2.45) is 0 Å². The molecule has 0 saturated carbocycles. The standard InChI is InChI=1S/C24H27FN2O.C23H25FN2O.2C23H27N3O/c1-16-5-10-20-19(14-16)23-21-4-3-12-26(21)13-11-22(23)27(20)15-24(2,28)17-6-8-18(25)9-7-17;1-15-4-9-19-18(13-15)23-20-3-2-11-25(20)12-10-21(23)26(19)14-22(27)16-5-7-17(24)8-6-16;1-16-7-8-19-18(13-16)22-20-6-4-11-25(20)12-9-21(22)26(19)15-23(2,27)17-5-3-10-24-14-17;1-15-12-16(2)23-18(13-15)22-19-4-3-10-25(19)11-7-20(22)26(23)14-21(27)17-5-8-24-9-6-17/h5-10,14,21,28H,3-4,11-13,15H2,1-2H3;4-9,13,20,22,27H,2-3,10-12,14H2,1H3;3,5,7-8,10,13-14,20,27H,4,6,9,11-12,15H2,1-2H3;5-6,8-9,12-13,19,21,27H,3-4,7,10-11,14H2,1-2H3. The van der Waals surface area contributed by atoms with E-state index >= 15 is 0 Å². The summed E-state index contributed by atoms with van der Waals surface area (Å²) in [5, 5.41) is 49.8. The molecule has 14 heterocycles.